The monoisotopic (exact) mass is 444 g/mol. The number of esters is 1. The molecule has 0 N–H and O–H groups in total. The maximum Gasteiger partial charge on any atom is 0.422 e. The van der Waals surface area contributed by atoms with E-state index in [0.29, 0.717) is 5.92 Å². The Kier molecular flexibility index (Phi) is 6.96. The number of rotatable bonds is 5. The lowest BCUT2D eigenvalue weighted by Crippen LogP contribution is -2.16. The summed E-state index contributed by atoms with van der Waals surface area (Å²) >= 11 is 0. The van der Waals surface area contributed by atoms with Crippen LogP contribution in [0.25, 0.3) is 0 Å². The highest BCUT2D eigenvalue weighted by molar-refractivity contribution is 5.91. The molecule has 0 bridgehead atoms. The van der Waals surface area contributed by atoms with Crippen molar-refractivity contribution in [3.63, 3.8) is 0 Å². The van der Waals surface area contributed by atoms with Crippen LogP contribution in [0.2, 0.25) is 0 Å². The van der Waals surface area contributed by atoms with E-state index < -0.39 is 46.5 Å². The standard InChI is InChI=1S/C23H22F6O2/c1-2-3-13-4-6-14(7-5-13)15-8-9-17(18(24)10-15)22(30)31-16-11-19(25)21(20(26)12-16)23(27,28)29/h8-14H,2-7H2,1H3. The molecule has 0 unspecified atom stereocenters. The van der Waals surface area contributed by atoms with E-state index in [0.717, 1.165) is 37.7 Å². The van der Waals surface area contributed by atoms with Gasteiger partial charge in [-0.3, -0.25) is 0 Å². The molecule has 0 aromatic heterocycles. The van der Waals surface area contributed by atoms with E-state index in [4.69, 9.17) is 4.74 Å². The number of hydrogen-bond acceptors (Lipinski definition) is 2. The number of alkyl halides is 3. The fourth-order valence-corrected chi connectivity index (χ4v) is 4.19. The van der Waals surface area contributed by atoms with Gasteiger partial charge in [-0.25, -0.2) is 18.0 Å². The molecule has 2 aromatic rings. The van der Waals surface area contributed by atoms with Gasteiger partial charge in [0.1, 0.15) is 28.8 Å². The lowest BCUT2D eigenvalue weighted by atomic mass is 9.77. The van der Waals surface area contributed by atoms with Gasteiger partial charge < -0.3 is 4.74 Å². The van der Waals surface area contributed by atoms with Gasteiger partial charge in [0.25, 0.3) is 0 Å². The van der Waals surface area contributed by atoms with Crippen molar-refractivity contribution in [1.29, 1.82) is 0 Å². The van der Waals surface area contributed by atoms with Crippen LogP contribution >= 0.6 is 0 Å². The van der Waals surface area contributed by atoms with Crippen LogP contribution < -0.4 is 4.74 Å². The van der Waals surface area contributed by atoms with Crippen molar-refractivity contribution in [2.45, 2.75) is 57.5 Å². The molecule has 31 heavy (non-hydrogen) atoms. The number of carbonyl (C=O) groups excluding carboxylic acids is 1. The molecule has 1 aliphatic carbocycles. The summed E-state index contributed by atoms with van der Waals surface area (Å²) in [4.78, 5) is 12.2. The Balaban J connectivity index is 1.72. The van der Waals surface area contributed by atoms with Crippen molar-refractivity contribution in [1.82, 2.24) is 0 Å². The Bertz CT molecular complexity index is 923. The van der Waals surface area contributed by atoms with Crippen molar-refractivity contribution >= 4 is 5.97 Å². The predicted molar refractivity (Wildman–Crippen MR) is 102 cm³/mol. The molecule has 0 radical (unpaired) electrons. The Labute approximate surface area is 176 Å². The molecular formula is C23H22F6O2. The van der Waals surface area contributed by atoms with Crippen molar-refractivity contribution in [3.05, 3.63) is 64.5 Å². The SMILES string of the molecule is CCCC1CCC(c2ccc(C(=O)Oc3cc(F)c(C(F)(F)F)c(F)c3)c(F)c2)CC1. The van der Waals surface area contributed by atoms with Gasteiger partial charge in [-0.1, -0.05) is 25.8 Å². The summed E-state index contributed by atoms with van der Waals surface area (Å²) in [6.45, 7) is 2.15. The molecule has 0 amide bonds. The van der Waals surface area contributed by atoms with Gasteiger partial charge in [-0.05, 0) is 55.2 Å². The maximum atomic E-state index is 14.5. The van der Waals surface area contributed by atoms with Crippen LogP contribution in [0.1, 0.15) is 72.9 Å². The normalized spacial score (nSPS) is 19.3. The molecule has 0 aliphatic heterocycles. The Hall–Kier alpha value is -2.51. The number of halogens is 6. The first kappa shape index (κ1) is 23.2. The Morgan fingerprint density at radius 1 is 0.968 bits per heavy atom. The zero-order valence-corrected chi connectivity index (χ0v) is 16.9. The van der Waals surface area contributed by atoms with Gasteiger partial charge in [-0.15, -0.1) is 0 Å². The highest BCUT2D eigenvalue weighted by Gasteiger charge is 2.38. The van der Waals surface area contributed by atoms with Gasteiger partial charge in [0.2, 0.25) is 0 Å². The highest BCUT2D eigenvalue weighted by atomic mass is 19.4. The van der Waals surface area contributed by atoms with E-state index in [2.05, 4.69) is 6.92 Å². The molecule has 3 rings (SSSR count). The molecule has 1 fully saturated rings. The molecule has 0 atom stereocenters. The molecule has 0 spiro atoms. The molecular weight excluding hydrogens is 422 g/mol. The third-order valence-electron chi connectivity index (χ3n) is 5.74. The third-order valence-corrected chi connectivity index (χ3v) is 5.74. The van der Waals surface area contributed by atoms with E-state index in [9.17, 15) is 31.1 Å². The van der Waals surface area contributed by atoms with Crippen LogP contribution in [0.15, 0.2) is 30.3 Å². The van der Waals surface area contributed by atoms with Gasteiger partial charge in [0, 0.05) is 12.1 Å². The number of carbonyl (C=O) groups is 1. The van der Waals surface area contributed by atoms with Crippen LogP contribution in [0.3, 0.4) is 0 Å². The molecule has 1 saturated carbocycles. The van der Waals surface area contributed by atoms with Crippen LogP contribution in [0, 0.1) is 23.4 Å². The fraction of sp³-hybridized carbons (Fsp3) is 0.435. The molecule has 2 nitrogen and oxygen atoms in total. The first-order valence-corrected chi connectivity index (χ1v) is 10.2. The topological polar surface area (TPSA) is 26.3 Å². The Morgan fingerprint density at radius 3 is 2.10 bits per heavy atom. The summed E-state index contributed by atoms with van der Waals surface area (Å²) in [5.74, 6) is -5.88. The average molecular weight is 444 g/mol. The Morgan fingerprint density at radius 2 is 1.58 bits per heavy atom. The lowest BCUT2D eigenvalue weighted by Gasteiger charge is -2.28. The zero-order valence-electron chi connectivity index (χ0n) is 16.9. The van der Waals surface area contributed by atoms with E-state index in [1.807, 2.05) is 0 Å². The van der Waals surface area contributed by atoms with Crippen LogP contribution in [0.5, 0.6) is 5.75 Å². The molecule has 2 aromatic carbocycles. The van der Waals surface area contributed by atoms with Crippen molar-refractivity contribution in [2.24, 2.45) is 5.92 Å². The second-order valence-corrected chi connectivity index (χ2v) is 7.89. The van der Waals surface area contributed by atoms with E-state index in [1.165, 1.54) is 18.6 Å². The van der Waals surface area contributed by atoms with Gasteiger partial charge in [0.05, 0.1) is 5.56 Å². The summed E-state index contributed by atoms with van der Waals surface area (Å²) in [6.07, 6.45) is 1.05. The van der Waals surface area contributed by atoms with Crippen LogP contribution in [0.4, 0.5) is 26.3 Å². The van der Waals surface area contributed by atoms with E-state index in [-0.39, 0.29) is 18.1 Å². The van der Waals surface area contributed by atoms with Gasteiger partial charge >= 0.3 is 12.1 Å². The second kappa shape index (κ2) is 9.32. The predicted octanol–water partition coefficient (Wildman–Crippen LogP) is 7.42. The van der Waals surface area contributed by atoms with Gasteiger partial charge in [0.15, 0.2) is 0 Å². The van der Waals surface area contributed by atoms with Crippen LogP contribution in [-0.2, 0) is 6.18 Å². The number of benzene rings is 2. The quantitative estimate of drug-likeness (QED) is 0.273. The van der Waals surface area contributed by atoms with Crippen molar-refractivity contribution in [3.8, 4) is 5.75 Å². The smallest absolute Gasteiger partial charge is 0.422 e. The minimum atomic E-state index is -5.24. The lowest BCUT2D eigenvalue weighted by molar-refractivity contribution is -0.142. The molecule has 1 aliphatic rings. The largest absolute Gasteiger partial charge is 0.423 e. The minimum Gasteiger partial charge on any atom is -0.423 e. The van der Waals surface area contributed by atoms with Crippen LogP contribution in [-0.4, -0.2) is 5.97 Å². The number of ether oxygens (including phenoxy) is 1. The summed E-state index contributed by atoms with van der Waals surface area (Å²) in [5, 5.41) is 0. The van der Waals surface area contributed by atoms with E-state index in [1.54, 1.807) is 6.07 Å². The summed E-state index contributed by atoms with van der Waals surface area (Å²) < 4.78 is 84.5. The summed E-state index contributed by atoms with van der Waals surface area (Å²) in [6, 6.07) is 4.56. The molecule has 168 valence electrons. The zero-order chi connectivity index (χ0) is 22.8. The van der Waals surface area contributed by atoms with Crippen molar-refractivity contribution in [2.75, 3.05) is 0 Å². The van der Waals surface area contributed by atoms with Gasteiger partial charge in [-0.2, -0.15) is 13.2 Å². The summed E-state index contributed by atoms with van der Waals surface area (Å²) in [7, 11) is 0. The highest BCUT2D eigenvalue weighted by Crippen LogP contribution is 2.38. The maximum absolute atomic E-state index is 14.5. The molecule has 0 saturated heterocycles. The first-order valence-electron chi connectivity index (χ1n) is 10.2. The first-order chi connectivity index (χ1) is 14.6. The third kappa shape index (κ3) is 5.40. The minimum absolute atomic E-state index is 0.186. The summed E-state index contributed by atoms with van der Waals surface area (Å²) in [5.41, 5.74) is -1.80. The number of hydrogen-bond donors (Lipinski definition) is 0. The average Bonchev–Trinajstić information content (AvgIpc) is 2.67. The molecule has 8 heteroatoms. The van der Waals surface area contributed by atoms with Crippen molar-refractivity contribution < 1.29 is 35.9 Å². The molecule has 0 heterocycles. The fourth-order valence-electron chi connectivity index (χ4n) is 4.19. The van der Waals surface area contributed by atoms with E-state index >= 15 is 0 Å². The second-order valence-electron chi connectivity index (χ2n) is 7.89.